The SMILES string of the molecule is CCOc1ccc(N2C(=S)N[C@@H](c3ccccn3)[C@H]2c2cc(C)n(-c3ccccc3CC)c2C)cc1. The normalized spacial score (nSPS) is 17.3. The maximum absolute atomic E-state index is 5.93. The molecule has 0 amide bonds. The molecular weight excluding hydrogens is 464 g/mol. The second-order valence-electron chi connectivity index (χ2n) is 9.07. The van der Waals surface area contributed by atoms with Crippen molar-refractivity contribution in [1.82, 2.24) is 14.9 Å². The Morgan fingerprint density at radius 3 is 2.42 bits per heavy atom. The van der Waals surface area contributed by atoms with Crippen LogP contribution in [-0.4, -0.2) is 21.3 Å². The van der Waals surface area contributed by atoms with Gasteiger partial charge in [-0.05, 0) is 99.1 Å². The molecule has 0 spiro atoms. The fourth-order valence-electron chi connectivity index (χ4n) is 5.30. The number of hydrogen-bond acceptors (Lipinski definition) is 3. The number of nitrogens with one attached hydrogen (secondary N) is 1. The molecule has 1 saturated heterocycles. The third kappa shape index (κ3) is 4.26. The summed E-state index contributed by atoms with van der Waals surface area (Å²) in [6, 6.07) is 25.0. The van der Waals surface area contributed by atoms with Gasteiger partial charge in [0.2, 0.25) is 0 Å². The predicted molar refractivity (Wildman–Crippen MR) is 150 cm³/mol. The van der Waals surface area contributed by atoms with Crippen LogP contribution in [0.1, 0.15) is 54.1 Å². The number of pyridine rings is 1. The number of anilines is 1. The highest BCUT2D eigenvalue weighted by atomic mass is 32.1. The van der Waals surface area contributed by atoms with Gasteiger partial charge in [-0.2, -0.15) is 0 Å². The molecule has 2 aromatic heterocycles. The molecule has 2 atom stereocenters. The van der Waals surface area contributed by atoms with Crippen LogP contribution in [-0.2, 0) is 6.42 Å². The van der Waals surface area contributed by atoms with Crippen molar-refractivity contribution in [2.45, 2.75) is 46.2 Å². The molecule has 0 saturated carbocycles. The van der Waals surface area contributed by atoms with Gasteiger partial charge < -0.3 is 19.5 Å². The summed E-state index contributed by atoms with van der Waals surface area (Å²) in [5.41, 5.74) is 8.20. The quantitative estimate of drug-likeness (QED) is 0.291. The Balaban J connectivity index is 1.65. The van der Waals surface area contributed by atoms with Crippen molar-refractivity contribution in [1.29, 1.82) is 0 Å². The lowest BCUT2D eigenvalue weighted by Gasteiger charge is -2.28. The number of thiocarbonyl (C=S) groups is 1. The summed E-state index contributed by atoms with van der Waals surface area (Å²) in [6.45, 7) is 9.23. The first kappa shape index (κ1) is 24.1. The van der Waals surface area contributed by atoms with Gasteiger partial charge in [-0.1, -0.05) is 31.2 Å². The van der Waals surface area contributed by atoms with Crippen LogP contribution in [0.4, 0.5) is 5.69 Å². The molecule has 0 aliphatic carbocycles. The van der Waals surface area contributed by atoms with Crippen LogP contribution in [0.5, 0.6) is 5.75 Å². The van der Waals surface area contributed by atoms with E-state index >= 15 is 0 Å². The molecule has 1 fully saturated rings. The van der Waals surface area contributed by atoms with Gasteiger partial charge in [-0.15, -0.1) is 0 Å². The number of nitrogens with zero attached hydrogens (tertiary/aromatic N) is 3. The summed E-state index contributed by atoms with van der Waals surface area (Å²) < 4.78 is 8.06. The highest BCUT2D eigenvalue weighted by Gasteiger charge is 2.42. The minimum absolute atomic E-state index is 0.0564. The summed E-state index contributed by atoms with van der Waals surface area (Å²) in [7, 11) is 0. The lowest BCUT2D eigenvalue weighted by atomic mass is 9.96. The van der Waals surface area contributed by atoms with E-state index in [1.807, 2.05) is 37.4 Å². The zero-order valence-corrected chi connectivity index (χ0v) is 22.0. The van der Waals surface area contributed by atoms with Gasteiger partial charge in [0.05, 0.1) is 24.4 Å². The van der Waals surface area contributed by atoms with Crippen molar-refractivity contribution < 1.29 is 4.74 Å². The maximum atomic E-state index is 5.93. The Labute approximate surface area is 218 Å². The number of ether oxygens (including phenoxy) is 1. The molecule has 3 heterocycles. The molecule has 2 aromatic carbocycles. The zero-order chi connectivity index (χ0) is 25.2. The Kier molecular flexibility index (Phi) is 6.79. The zero-order valence-electron chi connectivity index (χ0n) is 21.2. The van der Waals surface area contributed by atoms with Crippen molar-refractivity contribution in [2.24, 2.45) is 0 Å². The molecule has 4 aromatic rings. The van der Waals surface area contributed by atoms with E-state index in [0.717, 1.165) is 23.6 Å². The molecule has 5 nitrogen and oxygen atoms in total. The number of rotatable bonds is 7. The van der Waals surface area contributed by atoms with Crippen molar-refractivity contribution in [2.75, 3.05) is 11.5 Å². The lowest BCUT2D eigenvalue weighted by Crippen LogP contribution is -2.29. The Bertz CT molecular complexity index is 1360. The second kappa shape index (κ2) is 10.2. The molecule has 0 unspecified atom stereocenters. The van der Waals surface area contributed by atoms with E-state index in [1.165, 1.54) is 28.2 Å². The van der Waals surface area contributed by atoms with Crippen LogP contribution in [0.15, 0.2) is 79.0 Å². The molecule has 6 heteroatoms. The van der Waals surface area contributed by atoms with Crippen molar-refractivity contribution in [3.05, 3.63) is 107 Å². The van der Waals surface area contributed by atoms with E-state index in [-0.39, 0.29) is 12.1 Å². The molecular formula is C30H32N4OS. The van der Waals surface area contributed by atoms with E-state index in [0.29, 0.717) is 11.7 Å². The molecule has 1 aliphatic heterocycles. The monoisotopic (exact) mass is 496 g/mol. The van der Waals surface area contributed by atoms with Crippen molar-refractivity contribution >= 4 is 23.0 Å². The third-order valence-corrected chi connectivity index (χ3v) is 7.24. The van der Waals surface area contributed by atoms with Crippen LogP contribution in [0.25, 0.3) is 5.69 Å². The molecule has 0 radical (unpaired) electrons. The van der Waals surface area contributed by atoms with E-state index in [4.69, 9.17) is 21.9 Å². The number of aromatic nitrogens is 2. The van der Waals surface area contributed by atoms with Gasteiger partial charge in [-0.25, -0.2) is 0 Å². The number of para-hydroxylation sites is 1. The predicted octanol–water partition coefficient (Wildman–Crippen LogP) is 6.63. The highest BCUT2D eigenvalue weighted by Crippen LogP contribution is 2.44. The van der Waals surface area contributed by atoms with Gasteiger partial charge >= 0.3 is 0 Å². The van der Waals surface area contributed by atoms with Gasteiger partial charge in [0.1, 0.15) is 5.75 Å². The number of hydrogen-bond donors (Lipinski definition) is 1. The van der Waals surface area contributed by atoms with Gasteiger partial charge in [-0.3, -0.25) is 4.98 Å². The van der Waals surface area contributed by atoms with E-state index < -0.39 is 0 Å². The van der Waals surface area contributed by atoms with Gasteiger partial charge in [0.25, 0.3) is 0 Å². The summed E-state index contributed by atoms with van der Waals surface area (Å²) in [5.74, 6) is 0.853. The molecule has 1 aliphatic rings. The topological polar surface area (TPSA) is 42.3 Å². The van der Waals surface area contributed by atoms with Crippen LogP contribution in [0.2, 0.25) is 0 Å². The van der Waals surface area contributed by atoms with E-state index in [2.05, 4.69) is 84.1 Å². The summed E-state index contributed by atoms with van der Waals surface area (Å²) in [6.07, 6.45) is 2.82. The number of aryl methyl sites for hydroxylation is 2. The average molecular weight is 497 g/mol. The lowest BCUT2D eigenvalue weighted by molar-refractivity contribution is 0.340. The standard InChI is InChI=1S/C30H32N4OS/c1-5-22-11-7-8-13-27(22)33-20(3)19-25(21(33)4)29-28(26-12-9-10-18-31-26)32-30(36)34(29)23-14-16-24(17-15-23)35-6-2/h7-19,28-29H,5-6H2,1-4H3,(H,32,36)/t28-,29+/m0/s1. The Hall–Kier alpha value is -3.64. The van der Waals surface area contributed by atoms with Crippen molar-refractivity contribution in [3.8, 4) is 11.4 Å². The minimum Gasteiger partial charge on any atom is -0.494 e. The first-order chi connectivity index (χ1) is 17.5. The minimum atomic E-state index is -0.0827. The average Bonchev–Trinajstić information content (AvgIpc) is 3.40. The Morgan fingerprint density at radius 2 is 1.72 bits per heavy atom. The van der Waals surface area contributed by atoms with Crippen molar-refractivity contribution in [3.63, 3.8) is 0 Å². The maximum Gasteiger partial charge on any atom is 0.174 e. The summed E-state index contributed by atoms with van der Waals surface area (Å²) >= 11 is 5.93. The Morgan fingerprint density at radius 1 is 0.972 bits per heavy atom. The molecule has 184 valence electrons. The number of benzene rings is 2. The molecule has 36 heavy (non-hydrogen) atoms. The van der Waals surface area contributed by atoms with Gasteiger partial charge in [0.15, 0.2) is 5.11 Å². The first-order valence-corrected chi connectivity index (χ1v) is 12.9. The fraction of sp³-hybridized carbons (Fsp3) is 0.267. The van der Waals surface area contributed by atoms with Crippen LogP contribution >= 0.6 is 12.2 Å². The largest absolute Gasteiger partial charge is 0.494 e. The van der Waals surface area contributed by atoms with E-state index in [1.54, 1.807) is 0 Å². The highest BCUT2D eigenvalue weighted by molar-refractivity contribution is 7.80. The first-order valence-electron chi connectivity index (χ1n) is 12.5. The smallest absolute Gasteiger partial charge is 0.174 e. The summed E-state index contributed by atoms with van der Waals surface area (Å²) in [4.78, 5) is 6.93. The fourth-order valence-corrected chi connectivity index (χ4v) is 5.65. The third-order valence-electron chi connectivity index (χ3n) is 6.93. The van der Waals surface area contributed by atoms with Gasteiger partial charge in [0, 0.05) is 29.0 Å². The van der Waals surface area contributed by atoms with E-state index in [9.17, 15) is 0 Å². The molecule has 5 rings (SSSR count). The molecule has 0 bridgehead atoms. The van der Waals surface area contributed by atoms with Crippen LogP contribution < -0.4 is 15.0 Å². The van der Waals surface area contributed by atoms with Crippen LogP contribution in [0.3, 0.4) is 0 Å². The summed E-state index contributed by atoms with van der Waals surface area (Å²) in [5, 5.41) is 4.27. The van der Waals surface area contributed by atoms with Crippen LogP contribution in [0, 0.1) is 13.8 Å². The molecule has 1 N–H and O–H groups in total. The second-order valence-corrected chi connectivity index (χ2v) is 9.45.